The fraction of sp³-hybridized carbons (Fsp3) is 0.533. The number of amides is 1. The van der Waals surface area contributed by atoms with E-state index in [1.54, 1.807) is 18.0 Å². The molecule has 1 saturated heterocycles. The monoisotopic (exact) mass is 264 g/mol. The van der Waals surface area contributed by atoms with Crippen LogP contribution >= 0.6 is 0 Å². The molecule has 104 valence electrons. The predicted octanol–water partition coefficient (Wildman–Crippen LogP) is 2.17. The van der Waals surface area contributed by atoms with Crippen LogP contribution in [0.25, 0.3) is 0 Å². The fourth-order valence-electron chi connectivity index (χ4n) is 2.65. The number of halogens is 1. The number of rotatable bonds is 3. The molecule has 1 aliphatic rings. The topological polar surface area (TPSA) is 32.3 Å². The molecular weight excluding hydrogens is 243 g/mol. The van der Waals surface area contributed by atoms with Gasteiger partial charge in [-0.2, -0.15) is 0 Å². The number of hydrogen-bond acceptors (Lipinski definition) is 2. The number of carbonyl (C=O) groups excluding carboxylic acids is 1. The van der Waals surface area contributed by atoms with Gasteiger partial charge in [0.15, 0.2) is 0 Å². The number of piperidine rings is 1. The van der Waals surface area contributed by atoms with Crippen molar-refractivity contribution in [3.63, 3.8) is 0 Å². The summed E-state index contributed by atoms with van der Waals surface area (Å²) in [5.74, 6) is 0.00116. The number of carbonyl (C=O) groups is 1. The first-order chi connectivity index (χ1) is 9.06. The summed E-state index contributed by atoms with van der Waals surface area (Å²) < 4.78 is 13.1. The van der Waals surface area contributed by atoms with Gasteiger partial charge in [-0.25, -0.2) is 4.39 Å². The van der Waals surface area contributed by atoms with Crippen molar-refractivity contribution in [3.8, 4) is 0 Å². The average molecular weight is 264 g/mol. The first-order valence-electron chi connectivity index (χ1n) is 6.79. The van der Waals surface area contributed by atoms with Crippen LogP contribution in [0.15, 0.2) is 24.3 Å². The van der Waals surface area contributed by atoms with E-state index >= 15 is 0 Å². The third-order valence-electron chi connectivity index (χ3n) is 3.66. The SMILES string of the molecule is CC1CC(C(=O)N(C)Cc2cccc(F)c2)CCN1. The highest BCUT2D eigenvalue weighted by Crippen LogP contribution is 2.19. The summed E-state index contributed by atoms with van der Waals surface area (Å²) in [6, 6.07) is 6.81. The van der Waals surface area contributed by atoms with E-state index in [0.29, 0.717) is 12.6 Å². The molecule has 3 nitrogen and oxygen atoms in total. The zero-order valence-corrected chi connectivity index (χ0v) is 11.5. The van der Waals surface area contributed by atoms with E-state index in [0.717, 1.165) is 24.9 Å². The Morgan fingerprint density at radius 3 is 3.00 bits per heavy atom. The van der Waals surface area contributed by atoms with E-state index in [4.69, 9.17) is 0 Å². The molecule has 1 fully saturated rings. The number of nitrogens with zero attached hydrogens (tertiary/aromatic N) is 1. The second kappa shape index (κ2) is 6.15. The first kappa shape index (κ1) is 14.0. The van der Waals surface area contributed by atoms with Gasteiger partial charge >= 0.3 is 0 Å². The molecule has 2 rings (SSSR count). The molecule has 4 heteroatoms. The van der Waals surface area contributed by atoms with Gasteiger partial charge in [0.05, 0.1) is 0 Å². The van der Waals surface area contributed by atoms with E-state index in [2.05, 4.69) is 12.2 Å². The third-order valence-corrected chi connectivity index (χ3v) is 3.66. The number of benzene rings is 1. The molecule has 0 aromatic heterocycles. The molecule has 1 amide bonds. The van der Waals surface area contributed by atoms with Crippen molar-refractivity contribution < 1.29 is 9.18 Å². The Morgan fingerprint density at radius 1 is 1.53 bits per heavy atom. The summed E-state index contributed by atoms with van der Waals surface area (Å²) >= 11 is 0. The molecule has 1 N–H and O–H groups in total. The number of nitrogens with one attached hydrogen (secondary N) is 1. The summed E-state index contributed by atoms with van der Waals surface area (Å²) in [5, 5.41) is 3.34. The maximum absolute atomic E-state index is 13.1. The van der Waals surface area contributed by atoms with Gasteiger partial charge in [-0.15, -0.1) is 0 Å². The standard InChI is InChI=1S/C15H21FN2O/c1-11-8-13(6-7-17-11)15(19)18(2)10-12-4-3-5-14(16)9-12/h3-5,9,11,13,17H,6-8,10H2,1-2H3. The van der Waals surface area contributed by atoms with E-state index in [9.17, 15) is 9.18 Å². The van der Waals surface area contributed by atoms with Gasteiger partial charge in [0.25, 0.3) is 0 Å². The molecule has 0 bridgehead atoms. The molecule has 0 saturated carbocycles. The van der Waals surface area contributed by atoms with Crippen molar-refractivity contribution in [2.45, 2.75) is 32.4 Å². The highest BCUT2D eigenvalue weighted by atomic mass is 19.1. The van der Waals surface area contributed by atoms with Crippen LogP contribution in [0.1, 0.15) is 25.3 Å². The summed E-state index contributed by atoms with van der Waals surface area (Å²) in [4.78, 5) is 14.0. The molecule has 2 atom stereocenters. The summed E-state index contributed by atoms with van der Waals surface area (Å²) in [6.07, 6.45) is 1.77. The summed E-state index contributed by atoms with van der Waals surface area (Å²) in [5.41, 5.74) is 0.831. The molecule has 1 heterocycles. The minimum absolute atomic E-state index is 0.0924. The summed E-state index contributed by atoms with van der Waals surface area (Å²) in [7, 11) is 1.79. The van der Waals surface area contributed by atoms with Gasteiger partial charge in [-0.05, 0) is 44.0 Å². The Kier molecular flexibility index (Phi) is 4.53. The average Bonchev–Trinajstić information content (AvgIpc) is 2.38. The third kappa shape index (κ3) is 3.77. The smallest absolute Gasteiger partial charge is 0.225 e. The first-order valence-corrected chi connectivity index (χ1v) is 6.79. The summed E-state index contributed by atoms with van der Waals surface area (Å²) in [6.45, 7) is 3.46. The molecule has 0 radical (unpaired) electrons. The molecule has 1 aliphatic heterocycles. The van der Waals surface area contributed by atoms with Crippen LogP contribution in [-0.4, -0.2) is 30.4 Å². The van der Waals surface area contributed by atoms with Crippen LogP contribution in [0.3, 0.4) is 0 Å². The normalized spacial score (nSPS) is 23.1. The minimum atomic E-state index is -0.256. The van der Waals surface area contributed by atoms with E-state index < -0.39 is 0 Å². The Morgan fingerprint density at radius 2 is 2.32 bits per heavy atom. The van der Waals surface area contributed by atoms with Gasteiger partial charge in [0.2, 0.25) is 5.91 Å². The Balaban J connectivity index is 1.95. The lowest BCUT2D eigenvalue weighted by molar-refractivity contribution is -0.135. The molecule has 1 aromatic rings. The lowest BCUT2D eigenvalue weighted by Gasteiger charge is -2.30. The lowest BCUT2D eigenvalue weighted by Crippen LogP contribution is -2.42. The highest BCUT2D eigenvalue weighted by Gasteiger charge is 2.26. The largest absolute Gasteiger partial charge is 0.341 e. The van der Waals surface area contributed by atoms with Gasteiger partial charge in [-0.3, -0.25) is 4.79 Å². The van der Waals surface area contributed by atoms with Gasteiger partial charge in [0, 0.05) is 25.6 Å². The maximum Gasteiger partial charge on any atom is 0.225 e. The zero-order valence-electron chi connectivity index (χ0n) is 11.5. The van der Waals surface area contributed by atoms with Crippen molar-refractivity contribution in [2.75, 3.05) is 13.6 Å². The van der Waals surface area contributed by atoms with Crippen LogP contribution in [0.4, 0.5) is 4.39 Å². The Bertz CT molecular complexity index is 450. The lowest BCUT2D eigenvalue weighted by atomic mass is 9.92. The molecule has 0 spiro atoms. The fourth-order valence-corrected chi connectivity index (χ4v) is 2.65. The van der Waals surface area contributed by atoms with Crippen LogP contribution < -0.4 is 5.32 Å². The minimum Gasteiger partial charge on any atom is -0.341 e. The van der Waals surface area contributed by atoms with Gasteiger partial charge in [0.1, 0.15) is 5.82 Å². The van der Waals surface area contributed by atoms with E-state index in [1.807, 2.05) is 6.07 Å². The molecule has 1 aromatic carbocycles. The van der Waals surface area contributed by atoms with Crippen LogP contribution in [0, 0.1) is 11.7 Å². The Hall–Kier alpha value is -1.42. The maximum atomic E-state index is 13.1. The van der Waals surface area contributed by atoms with Crippen LogP contribution in [0.2, 0.25) is 0 Å². The van der Waals surface area contributed by atoms with Crippen molar-refractivity contribution in [1.82, 2.24) is 10.2 Å². The molecule has 2 unspecified atom stereocenters. The molecule has 0 aliphatic carbocycles. The predicted molar refractivity (Wildman–Crippen MR) is 73.1 cm³/mol. The second-order valence-electron chi connectivity index (χ2n) is 5.40. The Labute approximate surface area is 113 Å². The highest BCUT2D eigenvalue weighted by molar-refractivity contribution is 5.78. The zero-order chi connectivity index (χ0) is 13.8. The number of hydrogen-bond donors (Lipinski definition) is 1. The van der Waals surface area contributed by atoms with E-state index in [1.165, 1.54) is 12.1 Å². The van der Waals surface area contributed by atoms with E-state index in [-0.39, 0.29) is 17.6 Å². The van der Waals surface area contributed by atoms with Crippen molar-refractivity contribution in [1.29, 1.82) is 0 Å². The molecular formula is C15H21FN2O. The quantitative estimate of drug-likeness (QED) is 0.907. The van der Waals surface area contributed by atoms with Crippen molar-refractivity contribution in [3.05, 3.63) is 35.6 Å². The van der Waals surface area contributed by atoms with Gasteiger partial charge < -0.3 is 10.2 Å². The van der Waals surface area contributed by atoms with Gasteiger partial charge in [-0.1, -0.05) is 12.1 Å². The van der Waals surface area contributed by atoms with Crippen LogP contribution in [0.5, 0.6) is 0 Å². The molecule has 19 heavy (non-hydrogen) atoms. The van der Waals surface area contributed by atoms with Crippen molar-refractivity contribution >= 4 is 5.91 Å². The second-order valence-corrected chi connectivity index (χ2v) is 5.40. The van der Waals surface area contributed by atoms with Crippen LogP contribution in [-0.2, 0) is 11.3 Å². The van der Waals surface area contributed by atoms with Crippen molar-refractivity contribution in [2.24, 2.45) is 5.92 Å².